The average Bonchev–Trinajstić information content (AvgIpc) is 2.45. The Balaban J connectivity index is 0.00000220. The third-order valence-electron chi connectivity index (χ3n) is 3.41. The maximum absolute atomic E-state index is 5.92. The Hall–Kier alpha value is -0.860. The zero-order valence-corrected chi connectivity index (χ0v) is 15.0. The molecule has 1 unspecified atom stereocenters. The van der Waals surface area contributed by atoms with Gasteiger partial charge in [-0.05, 0) is 31.2 Å². The van der Waals surface area contributed by atoms with E-state index in [-0.39, 0.29) is 30.1 Å². The number of hydrogen-bond donors (Lipinski definition) is 2. The summed E-state index contributed by atoms with van der Waals surface area (Å²) in [6.07, 6.45) is 1.14. The minimum Gasteiger partial charge on any atom is -0.374 e. The van der Waals surface area contributed by atoms with Gasteiger partial charge in [0.25, 0.3) is 0 Å². The second-order valence-corrected chi connectivity index (χ2v) is 5.16. The van der Waals surface area contributed by atoms with Gasteiger partial charge in [-0.2, -0.15) is 0 Å². The highest BCUT2D eigenvalue weighted by Crippen LogP contribution is 2.10. The molecule has 0 amide bonds. The van der Waals surface area contributed by atoms with Crippen LogP contribution in [0.25, 0.3) is 0 Å². The van der Waals surface area contributed by atoms with E-state index in [1.807, 2.05) is 12.1 Å². The monoisotopic (exact) mass is 404 g/mol. The molecule has 0 radical (unpaired) electrons. The first-order valence-corrected chi connectivity index (χ1v) is 7.13. The molecule has 1 heterocycles. The molecule has 1 atom stereocenters. The first-order valence-electron chi connectivity index (χ1n) is 7.13. The van der Waals surface area contributed by atoms with Crippen molar-refractivity contribution in [2.24, 2.45) is 10.7 Å². The van der Waals surface area contributed by atoms with Crippen LogP contribution in [-0.4, -0.2) is 50.3 Å². The van der Waals surface area contributed by atoms with E-state index in [4.69, 9.17) is 10.5 Å². The lowest BCUT2D eigenvalue weighted by atomic mass is 10.1. The van der Waals surface area contributed by atoms with Crippen molar-refractivity contribution in [3.63, 3.8) is 0 Å². The molecule has 1 aliphatic heterocycles. The lowest BCUT2D eigenvalue weighted by molar-refractivity contribution is -0.0136. The molecule has 2 rings (SSSR count). The highest BCUT2D eigenvalue weighted by atomic mass is 127. The van der Waals surface area contributed by atoms with E-state index in [1.54, 1.807) is 0 Å². The SMILES string of the molecule is CCc1cccc(NC(N)=NCC2CN(C)CCO2)c1.I. The van der Waals surface area contributed by atoms with Gasteiger partial charge in [0.05, 0.1) is 19.3 Å². The fourth-order valence-corrected chi connectivity index (χ4v) is 2.23. The molecular formula is C15H25IN4O. The number of ether oxygens (including phenoxy) is 1. The molecule has 1 aromatic rings. The minimum atomic E-state index is 0. The maximum atomic E-state index is 5.92. The zero-order valence-electron chi connectivity index (χ0n) is 12.7. The first-order chi connectivity index (χ1) is 9.67. The van der Waals surface area contributed by atoms with E-state index in [2.05, 4.69) is 41.3 Å². The lowest BCUT2D eigenvalue weighted by Crippen LogP contribution is -2.41. The number of guanidine groups is 1. The summed E-state index contributed by atoms with van der Waals surface area (Å²) in [5, 5.41) is 3.13. The molecule has 3 N–H and O–H groups in total. The quantitative estimate of drug-likeness (QED) is 0.458. The summed E-state index contributed by atoms with van der Waals surface area (Å²) in [6, 6.07) is 8.21. The Morgan fingerprint density at radius 3 is 3.05 bits per heavy atom. The van der Waals surface area contributed by atoms with Gasteiger partial charge in [-0.1, -0.05) is 19.1 Å². The molecular weight excluding hydrogens is 379 g/mol. The number of likely N-dealkylation sites (N-methyl/N-ethyl adjacent to an activating group) is 1. The van der Waals surface area contributed by atoms with Gasteiger partial charge >= 0.3 is 0 Å². The molecule has 0 aliphatic carbocycles. The van der Waals surface area contributed by atoms with Crippen LogP contribution in [0.2, 0.25) is 0 Å². The van der Waals surface area contributed by atoms with E-state index in [9.17, 15) is 0 Å². The third kappa shape index (κ3) is 6.19. The second kappa shape index (κ2) is 9.22. The molecule has 0 bridgehead atoms. The van der Waals surface area contributed by atoms with Gasteiger partial charge in [-0.25, -0.2) is 0 Å². The number of nitrogens with one attached hydrogen (secondary N) is 1. The Morgan fingerprint density at radius 1 is 1.52 bits per heavy atom. The maximum Gasteiger partial charge on any atom is 0.193 e. The fourth-order valence-electron chi connectivity index (χ4n) is 2.23. The molecule has 21 heavy (non-hydrogen) atoms. The van der Waals surface area contributed by atoms with Crippen LogP contribution in [0.1, 0.15) is 12.5 Å². The van der Waals surface area contributed by atoms with Crippen molar-refractivity contribution in [2.45, 2.75) is 19.4 Å². The summed E-state index contributed by atoms with van der Waals surface area (Å²) in [7, 11) is 2.09. The van der Waals surface area contributed by atoms with Crippen LogP contribution in [0.3, 0.4) is 0 Å². The van der Waals surface area contributed by atoms with Gasteiger partial charge < -0.3 is 20.7 Å². The van der Waals surface area contributed by atoms with Crippen LogP contribution in [0.15, 0.2) is 29.3 Å². The highest BCUT2D eigenvalue weighted by Gasteiger charge is 2.16. The second-order valence-electron chi connectivity index (χ2n) is 5.16. The number of anilines is 1. The molecule has 1 aliphatic rings. The van der Waals surface area contributed by atoms with E-state index in [0.29, 0.717) is 12.5 Å². The van der Waals surface area contributed by atoms with Crippen LogP contribution in [0.4, 0.5) is 5.69 Å². The van der Waals surface area contributed by atoms with Crippen LogP contribution < -0.4 is 11.1 Å². The number of benzene rings is 1. The van der Waals surface area contributed by atoms with Crippen molar-refractivity contribution in [3.05, 3.63) is 29.8 Å². The minimum absolute atomic E-state index is 0. The molecule has 1 saturated heterocycles. The predicted octanol–water partition coefficient (Wildman–Crippen LogP) is 1.92. The average molecular weight is 404 g/mol. The topological polar surface area (TPSA) is 62.9 Å². The summed E-state index contributed by atoms with van der Waals surface area (Å²) in [6.45, 7) is 5.38. The Kier molecular flexibility index (Phi) is 7.98. The number of hydrogen-bond acceptors (Lipinski definition) is 3. The lowest BCUT2D eigenvalue weighted by Gasteiger charge is -2.29. The summed E-state index contributed by atoms with van der Waals surface area (Å²) in [4.78, 5) is 6.61. The van der Waals surface area contributed by atoms with Gasteiger partial charge in [0.2, 0.25) is 0 Å². The Morgan fingerprint density at radius 2 is 2.33 bits per heavy atom. The molecule has 118 valence electrons. The number of rotatable bonds is 4. The zero-order chi connectivity index (χ0) is 14.4. The van der Waals surface area contributed by atoms with Crippen molar-refractivity contribution in [1.82, 2.24) is 4.90 Å². The van der Waals surface area contributed by atoms with Gasteiger partial charge in [-0.3, -0.25) is 4.99 Å². The molecule has 5 nitrogen and oxygen atoms in total. The molecule has 1 fully saturated rings. The first kappa shape index (κ1) is 18.2. The van der Waals surface area contributed by atoms with Gasteiger partial charge in [0.15, 0.2) is 5.96 Å². The Bertz CT molecular complexity index is 467. The van der Waals surface area contributed by atoms with Crippen molar-refractivity contribution >= 4 is 35.6 Å². The summed E-state index contributed by atoms with van der Waals surface area (Å²) in [5.41, 5.74) is 8.18. The third-order valence-corrected chi connectivity index (χ3v) is 3.41. The molecule has 0 saturated carbocycles. The van der Waals surface area contributed by atoms with Crippen molar-refractivity contribution in [2.75, 3.05) is 38.6 Å². The Labute approximate surface area is 144 Å². The van der Waals surface area contributed by atoms with Crippen LogP contribution >= 0.6 is 24.0 Å². The summed E-state index contributed by atoms with van der Waals surface area (Å²) >= 11 is 0. The number of nitrogens with zero attached hydrogens (tertiary/aromatic N) is 2. The van der Waals surface area contributed by atoms with Crippen LogP contribution in [0, 0.1) is 0 Å². The standard InChI is InChI=1S/C15H24N4O.HI/c1-3-12-5-4-6-13(9-12)18-15(16)17-10-14-11-19(2)7-8-20-14;/h4-6,9,14H,3,7-8,10-11H2,1-2H3,(H3,16,17,18);1H. The number of nitrogens with two attached hydrogens (primary N) is 1. The van der Waals surface area contributed by atoms with Gasteiger partial charge in [0.1, 0.15) is 0 Å². The summed E-state index contributed by atoms with van der Waals surface area (Å²) < 4.78 is 5.65. The smallest absolute Gasteiger partial charge is 0.193 e. The number of aliphatic imine (C=N–C) groups is 1. The molecule has 0 aromatic heterocycles. The fraction of sp³-hybridized carbons (Fsp3) is 0.533. The number of morpholine rings is 1. The van der Waals surface area contributed by atoms with E-state index in [1.165, 1.54) is 5.56 Å². The largest absolute Gasteiger partial charge is 0.374 e. The van der Waals surface area contributed by atoms with E-state index in [0.717, 1.165) is 31.8 Å². The number of halogens is 1. The van der Waals surface area contributed by atoms with Crippen molar-refractivity contribution in [1.29, 1.82) is 0 Å². The van der Waals surface area contributed by atoms with Gasteiger partial charge in [-0.15, -0.1) is 24.0 Å². The van der Waals surface area contributed by atoms with Crippen molar-refractivity contribution in [3.8, 4) is 0 Å². The van der Waals surface area contributed by atoms with E-state index >= 15 is 0 Å². The normalized spacial score (nSPS) is 19.9. The van der Waals surface area contributed by atoms with Crippen molar-refractivity contribution < 1.29 is 4.74 Å². The van der Waals surface area contributed by atoms with E-state index < -0.39 is 0 Å². The predicted molar refractivity (Wildman–Crippen MR) is 98.6 cm³/mol. The molecule has 6 heteroatoms. The highest BCUT2D eigenvalue weighted by molar-refractivity contribution is 14.0. The van der Waals surface area contributed by atoms with Gasteiger partial charge in [0, 0.05) is 18.8 Å². The molecule has 0 spiro atoms. The molecule has 1 aromatic carbocycles. The van der Waals surface area contributed by atoms with Crippen LogP contribution in [-0.2, 0) is 11.2 Å². The number of aryl methyl sites for hydroxylation is 1. The van der Waals surface area contributed by atoms with Crippen LogP contribution in [0.5, 0.6) is 0 Å². The summed E-state index contributed by atoms with van der Waals surface area (Å²) in [5.74, 6) is 0.440.